The van der Waals surface area contributed by atoms with Crippen LogP contribution in [-0.4, -0.2) is 49.3 Å². The van der Waals surface area contributed by atoms with Crippen LogP contribution < -0.4 is 10.6 Å². The lowest BCUT2D eigenvalue weighted by Crippen LogP contribution is -2.46. The first-order valence-corrected chi connectivity index (χ1v) is 6.51. The van der Waals surface area contributed by atoms with Crippen molar-refractivity contribution in [3.63, 3.8) is 0 Å². The van der Waals surface area contributed by atoms with Crippen LogP contribution in [0.2, 0.25) is 0 Å². The van der Waals surface area contributed by atoms with E-state index in [1.54, 1.807) is 18.9 Å². The van der Waals surface area contributed by atoms with Gasteiger partial charge in [0.2, 0.25) is 5.91 Å². The molecule has 2 aliphatic heterocycles. The summed E-state index contributed by atoms with van der Waals surface area (Å²) in [5.74, 6) is 1.31. The van der Waals surface area contributed by atoms with Gasteiger partial charge >= 0.3 is 0 Å². The maximum absolute atomic E-state index is 11.8. The fourth-order valence-corrected chi connectivity index (χ4v) is 3.28. The fourth-order valence-electron chi connectivity index (χ4n) is 2.11. The molecule has 0 aliphatic carbocycles. The van der Waals surface area contributed by atoms with Crippen LogP contribution in [0.1, 0.15) is 12.8 Å². The molecule has 0 aromatic rings. The number of methoxy groups -OCH3 is 1. The molecule has 2 N–H and O–H groups in total. The minimum absolute atomic E-state index is 0.125. The molecule has 1 amide bonds. The molecule has 0 bridgehead atoms. The Bertz CT molecular complexity index is 231. The highest BCUT2D eigenvalue weighted by atomic mass is 32.2. The van der Waals surface area contributed by atoms with Gasteiger partial charge in [0.1, 0.15) is 0 Å². The van der Waals surface area contributed by atoms with Crippen molar-refractivity contribution in [1.82, 2.24) is 10.6 Å². The summed E-state index contributed by atoms with van der Waals surface area (Å²) in [5.41, 5.74) is 0. The highest BCUT2D eigenvalue weighted by Gasteiger charge is 2.31. The topological polar surface area (TPSA) is 50.4 Å². The van der Waals surface area contributed by atoms with Gasteiger partial charge in [0, 0.05) is 20.2 Å². The lowest BCUT2D eigenvalue weighted by molar-refractivity contribution is -0.121. The van der Waals surface area contributed by atoms with E-state index in [2.05, 4.69) is 10.6 Å². The third kappa shape index (κ3) is 2.65. The minimum atomic E-state index is 0.125. The predicted molar refractivity (Wildman–Crippen MR) is 61.1 cm³/mol. The number of carbonyl (C=O) groups is 1. The van der Waals surface area contributed by atoms with Gasteiger partial charge in [0.05, 0.1) is 17.4 Å². The van der Waals surface area contributed by atoms with Crippen molar-refractivity contribution < 1.29 is 9.53 Å². The van der Waals surface area contributed by atoms with Crippen molar-refractivity contribution in [3.05, 3.63) is 0 Å². The summed E-state index contributed by atoms with van der Waals surface area (Å²) in [4.78, 5) is 11.8. The van der Waals surface area contributed by atoms with Gasteiger partial charge in [-0.1, -0.05) is 0 Å². The quantitative estimate of drug-likeness (QED) is 0.716. The summed E-state index contributed by atoms with van der Waals surface area (Å²) in [6, 6.07) is 0.142. The number of hydrogen-bond donors (Lipinski definition) is 2. The van der Waals surface area contributed by atoms with Crippen LogP contribution in [0, 0.1) is 0 Å². The van der Waals surface area contributed by atoms with Crippen LogP contribution in [0.5, 0.6) is 0 Å². The van der Waals surface area contributed by atoms with Crippen LogP contribution in [0.15, 0.2) is 0 Å². The number of nitrogens with one attached hydrogen (secondary N) is 2. The zero-order chi connectivity index (χ0) is 10.7. The van der Waals surface area contributed by atoms with Gasteiger partial charge in [-0.2, -0.15) is 0 Å². The Morgan fingerprint density at radius 2 is 2.40 bits per heavy atom. The smallest absolute Gasteiger partial charge is 0.233 e. The Morgan fingerprint density at radius 1 is 1.53 bits per heavy atom. The van der Waals surface area contributed by atoms with Gasteiger partial charge in [0.15, 0.2) is 0 Å². The Balaban J connectivity index is 1.82. The SMILES string of the molecule is CO[C@H]1CNCC1NC(=O)C1CCCS1. The van der Waals surface area contributed by atoms with Crippen molar-refractivity contribution in [1.29, 1.82) is 0 Å². The molecule has 15 heavy (non-hydrogen) atoms. The third-order valence-electron chi connectivity index (χ3n) is 3.01. The summed E-state index contributed by atoms with van der Waals surface area (Å²) in [7, 11) is 1.70. The molecule has 0 aromatic heterocycles. The molecule has 3 atom stereocenters. The van der Waals surface area contributed by atoms with Crippen LogP contribution in [0.25, 0.3) is 0 Å². The Kier molecular flexibility index (Phi) is 3.88. The normalized spacial score (nSPS) is 35.7. The van der Waals surface area contributed by atoms with Gasteiger partial charge in [0.25, 0.3) is 0 Å². The molecule has 2 aliphatic rings. The Labute approximate surface area is 94.5 Å². The van der Waals surface area contributed by atoms with Gasteiger partial charge in [-0.25, -0.2) is 0 Å². The standard InChI is InChI=1S/C10H18N2O2S/c1-14-8-6-11-5-7(8)12-10(13)9-3-2-4-15-9/h7-9,11H,2-6H2,1H3,(H,12,13)/t7?,8-,9?/m0/s1. The molecule has 0 saturated carbocycles. The van der Waals surface area contributed by atoms with E-state index in [4.69, 9.17) is 4.74 Å². The van der Waals surface area contributed by atoms with E-state index < -0.39 is 0 Å². The van der Waals surface area contributed by atoms with Crippen LogP contribution in [0.4, 0.5) is 0 Å². The number of thioether (sulfide) groups is 1. The zero-order valence-electron chi connectivity index (χ0n) is 8.99. The second-order valence-electron chi connectivity index (χ2n) is 4.05. The highest BCUT2D eigenvalue weighted by molar-refractivity contribution is 8.00. The van der Waals surface area contributed by atoms with Crippen molar-refractivity contribution in [3.8, 4) is 0 Å². The Hall–Kier alpha value is -0.260. The average molecular weight is 230 g/mol. The molecule has 0 radical (unpaired) electrons. The molecule has 4 nitrogen and oxygen atoms in total. The molecular formula is C10H18N2O2S. The van der Waals surface area contributed by atoms with Crippen molar-refractivity contribution in [2.24, 2.45) is 0 Å². The molecule has 5 heteroatoms. The summed E-state index contributed by atoms with van der Waals surface area (Å²) < 4.78 is 5.30. The van der Waals surface area contributed by atoms with Gasteiger partial charge in [-0.15, -0.1) is 11.8 Å². The monoisotopic (exact) mass is 230 g/mol. The molecule has 86 valence electrons. The predicted octanol–water partition coefficient (Wildman–Crippen LogP) is -0.0150. The molecule has 0 aromatic carbocycles. The maximum Gasteiger partial charge on any atom is 0.233 e. The number of rotatable bonds is 3. The van der Waals surface area contributed by atoms with Crippen molar-refractivity contribution >= 4 is 17.7 Å². The van der Waals surface area contributed by atoms with Crippen LogP contribution in [-0.2, 0) is 9.53 Å². The van der Waals surface area contributed by atoms with E-state index >= 15 is 0 Å². The lowest BCUT2D eigenvalue weighted by Gasteiger charge is -2.20. The van der Waals surface area contributed by atoms with Gasteiger partial charge in [-0.05, 0) is 18.6 Å². The first kappa shape index (κ1) is 11.2. The summed E-state index contributed by atoms with van der Waals surface area (Å²) in [6.45, 7) is 1.65. The van der Waals surface area contributed by atoms with E-state index in [0.29, 0.717) is 0 Å². The largest absolute Gasteiger partial charge is 0.378 e. The first-order valence-electron chi connectivity index (χ1n) is 5.46. The van der Waals surface area contributed by atoms with Crippen LogP contribution in [0.3, 0.4) is 0 Å². The van der Waals surface area contributed by atoms with E-state index in [-0.39, 0.29) is 23.3 Å². The van der Waals surface area contributed by atoms with E-state index in [0.717, 1.165) is 25.3 Å². The molecular weight excluding hydrogens is 212 g/mol. The number of amides is 1. The summed E-state index contributed by atoms with van der Waals surface area (Å²) in [5, 5.41) is 6.47. The second kappa shape index (κ2) is 5.18. The molecule has 2 unspecified atom stereocenters. The number of ether oxygens (including phenoxy) is 1. The second-order valence-corrected chi connectivity index (χ2v) is 5.36. The maximum atomic E-state index is 11.8. The molecule has 2 saturated heterocycles. The fraction of sp³-hybridized carbons (Fsp3) is 0.900. The first-order chi connectivity index (χ1) is 7.31. The Morgan fingerprint density at radius 3 is 3.07 bits per heavy atom. The van der Waals surface area contributed by atoms with E-state index in [9.17, 15) is 4.79 Å². The van der Waals surface area contributed by atoms with Gasteiger partial charge in [-0.3, -0.25) is 4.79 Å². The lowest BCUT2D eigenvalue weighted by atomic mass is 10.2. The average Bonchev–Trinajstić information content (AvgIpc) is 2.87. The van der Waals surface area contributed by atoms with E-state index in [1.165, 1.54) is 6.42 Å². The summed E-state index contributed by atoms with van der Waals surface area (Å²) in [6.07, 6.45) is 2.31. The van der Waals surface area contributed by atoms with Crippen LogP contribution >= 0.6 is 11.8 Å². The zero-order valence-corrected chi connectivity index (χ0v) is 9.81. The van der Waals surface area contributed by atoms with Crippen molar-refractivity contribution in [2.75, 3.05) is 26.0 Å². The number of carbonyl (C=O) groups excluding carboxylic acids is 1. The third-order valence-corrected chi connectivity index (χ3v) is 4.39. The summed E-state index contributed by atoms with van der Waals surface area (Å²) >= 11 is 1.77. The van der Waals surface area contributed by atoms with Gasteiger partial charge < -0.3 is 15.4 Å². The minimum Gasteiger partial charge on any atom is -0.378 e. The van der Waals surface area contributed by atoms with Crippen molar-refractivity contribution in [2.45, 2.75) is 30.2 Å². The molecule has 2 heterocycles. The highest BCUT2D eigenvalue weighted by Crippen LogP contribution is 2.26. The molecule has 2 rings (SSSR count). The van der Waals surface area contributed by atoms with E-state index in [1.807, 2.05) is 0 Å². The number of hydrogen-bond acceptors (Lipinski definition) is 4. The molecule has 2 fully saturated rings. The molecule has 0 spiro atoms.